The van der Waals surface area contributed by atoms with Gasteiger partial charge in [-0.3, -0.25) is 0 Å². The molecule has 6 unspecified atom stereocenters. The van der Waals surface area contributed by atoms with Crippen LogP contribution in [0.1, 0.15) is 66.2 Å². The van der Waals surface area contributed by atoms with E-state index in [0.29, 0.717) is 5.41 Å². The monoisotopic (exact) mass is 272 g/mol. The molecule has 0 heteroatoms. The van der Waals surface area contributed by atoms with Crippen LogP contribution in [0.3, 0.4) is 0 Å². The lowest BCUT2D eigenvalue weighted by atomic mass is 9.47. The summed E-state index contributed by atoms with van der Waals surface area (Å²) < 4.78 is 0. The fourth-order valence-corrected chi connectivity index (χ4v) is 6.08. The summed E-state index contributed by atoms with van der Waals surface area (Å²) in [5, 5.41) is 0. The SMILES string of the molecule is C=C(CCC=C(C)C)C1CCC2(C)C3CCC(C)C3C12. The van der Waals surface area contributed by atoms with Gasteiger partial charge in [0.15, 0.2) is 0 Å². The molecule has 3 rings (SSSR count). The van der Waals surface area contributed by atoms with Gasteiger partial charge in [-0.15, -0.1) is 0 Å². The van der Waals surface area contributed by atoms with Crippen LogP contribution in [0.2, 0.25) is 0 Å². The summed E-state index contributed by atoms with van der Waals surface area (Å²) >= 11 is 0. The van der Waals surface area contributed by atoms with E-state index in [1.165, 1.54) is 44.1 Å². The van der Waals surface area contributed by atoms with Crippen LogP contribution in [-0.2, 0) is 0 Å². The Hall–Kier alpha value is -0.520. The molecular formula is C20H32. The molecule has 0 N–H and O–H groups in total. The second-order valence-electron chi connectivity index (χ2n) is 8.39. The van der Waals surface area contributed by atoms with E-state index in [1.54, 1.807) is 5.57 Å². The van der Waals surface area contributed by atoms with Gasteiger partial charge in [0.1, 0.15) is 0 Å². The fourth-order valence-electron chi connectivity index (χ4n) is 6.08. The topological polar surface area (TPSA) is 0 Å². The zero-order chi connectivity index (χ0) is 14.5. The van der Waals surface area contributed by atoms with E-state index in [1.807, 2.05) is 0 Å². The Labute approximate surface area is 125 Å². The molecule has 0 aliphatic heterocycles. The van der Waals surface area contributed by atoms with Gasteiger partial charge >= 0.3 is 0 Å². The summed E-state index contributed by atoms with van der Waals surface area (Å²) in [6.45, 7) is 14.0. The smallest absolute Gasteiger partial charge is 0.0169 e. The standard InChI is InChI=1S/C20H32/c1-13(2)7-6-8-14(3)16-11-12-20(5)17-10-9-15(4)18(17)19(16)20/h7,15-19H,3,6,8-12H2,1-2,4-5H3. The third kappa shape index (κ3) is 2.02. The Balaban J connectivity index is 1.67. The predicted molar refractivity (Wildman–Crippen MR) is 87.5 cm³/mol. The van der Waals surface area contributed by atoms with E-state index in [2.05, 4.69) is 40.3 Å². The molecule has 0 saturated heterocycles. The van der Waals surface area contributed by atoms with Crippen molar-refractivity contribution in [3.05, 3.63) is 23.8 Å². The van der Waals surface area contributed by atoms with Gasteiger partial charge in [-0.25, -0.2) is 0 Å². The van der Waals surface area contributed by atoms with Crippen molar-refractivity contribution in [3.8, 4) is 0 Å². The van der Waals surface area contributed by atoms with Crippen molar-refractivity contribution < 1.29 is 0 Å². The Morgan fingerprint density at radius 2 is 2.00 bits per heavy atom. The average molecular weight is 272 g/mol. The number of rotatable bonds is 4. The van der Waals surface area contributed by atoms with E-state index < -0.39 is 0 Å². The molecule has 0 radical (unpaired) electrons. The van der Waals surface area contributed by atoms with Crippen LogP contribution in [0, 0.1) is 35.0 Å². The second-order valence-corrected chi connectivity index (χ2v) is 8.39. The van der Waals surface area contributed by atoms with Gasteiger partial charge < -0.3 is 0 Å². The molecule has 0 heterocycles. The normalized spacial score (nSPS) is 45.5. The average Bonchev–Trinajstić information content (AvgIpc) is 2.84. The summed E-state index contributed by atoms with van der Waals surface area (Å²) in [5.74, 6) is 4.88. The molecule has 3 aliphatic rings. The minimum atomic E-state index is 0.680. The van der Waals surface area contributed by atoms with Crippen LogP contribution in [0.4, 0.5) is 0 Å². The molecule has 3 fully saturated rings. The van der Waals surface area contributed by atoms with E-state index >= 15 is 0 Å². The lowest BCUT2D eigenvalue weighted by Crippen LogP contribution is -2.53. The number of fused-ring (bicyclic) bond motifs is 4. The number of allylic oxidation sites excluding steroid dienone is 3. The first kappa shape index (κ1) is 14.4. The maximum absolute atomic E-state index is 4.49. The maximum Gasteiger partial charge on any atom is -0.0169 e. The lowest BCUT2D eigenvalue weighted by molar-refractivity contribution is -0.0944. The largest absolute Gasteiger partial charge is 0.0996 e. The Bertz CT molecular complexity index is 425. The van der Waals surface area contributed by atoms with Crippen LogP contribution in [0.25, 0.3) is 0 Å². The van der Waals surface area contributed by atoms with Crippen molar-refractivity contribution in [2.75, 3.05) is 0 Å². The summed E-state index contributed by atoms with van der Waals surface area (Å²) in [4.78, 5) is 0. The quantitative estimate of drug-likeness (QED) is 0.551. The highest BCUT2D eigenvalue weighted by atomic mass is 14.7. The molecule has 20 heavy (non-hydrogen) atoms. The van der Waals surface area contributed by atoms with Gasteiger partial charge in [-0.05, 0) is 81.0 Å². The van der Waals surface area contributed by atoms with Crippen LogP contribution in [-0.4, -0.2) is 0 Å². The Morgan fingerprint density at radius 1 is 1.25 bits per heavy atom. The molecule has 0 amide bonds. The van der Waals surface area contributed by atoms with Gasteiger partial charge in [0, 0.05) is 0 Å². The highest BCUT2D eigenvalue weighted by molar-refractivity contribution is 5.21. The van der Waals surface area contributed by atoms with E-state index in [4.69, 9.17) is 0 Å². The predicted octanol–water partition coefficient (Wildman–Crippen LogP) is 6.00. The zero-order valence-electron chi connectivity index (χ0n) is 13.9. The molecule has 0 aromatic carbocycles. The van der Waals surface area contributed by atoms with Crippen molar-refractivity contribution in [2.24, 2.45) is 35.0 Å². The summed E-state index contributed by atoms with van der Waals surface area (Å²) in [6, 6.07) is 0. The first-order chi connectivity index (χ1) is 9.45. The Morgan fingerprint density at radius 3 is 2.70 bits per heavy atom. The minimum absolute atomic E-state index is 0.680. The lowest BCUT2D eigenvalue weighted by Gasteiger charge is -2.58. The fraction of sp³-hybridized carbons (Fsp3) is 0.800. The second kappa shape index (κ2) is 5.04. The third-order valence-electron chi connectivity index (χ3n) is 7.05. The van der Waals surface area contributed by atoms with Crippen molar-refractivity contribution in [2.45, 2.75) is 66.2 Å². The van der Waals surface area contributed by atoms with Crippen LogP contribution in [0.15, 0.2) is 23.8 Å². The van der Waals surface area contributed by atoms with Crippen molar-refractivity contribution in [1.82, 2.24) is 0 Å². The van der Waals surface area contributed by atoms with Gasteiger partial charge in [-0.2, -0.15) is 0 Å². The van der Waals surface area contributed by atoms with Gasteiger partial charge in [0.2, 0.25) is 0 Å². The van der Waals surface area contributed by atoms with Gasteiger partial charge in [0.25, 0.3) is 0 Å². The van der Waals surface area contributed by atoms with Gasteiger partial charge in [-0.1, -0.05) is 44.1 Å². The molecule has 112 valence electrons. The first-order valence-corrected chi connectivity index (χ1v) is 8.76. The molecule has 3 saturated carbocycles. The maximum atomic E-state index is 4.49. The van der Waals surface area contributed by atoms with Crippen LogP contribution >= 0.6 is 0 Å². The molecule has 6 atom stereocenters. The van der Waals surface area contributed by atoms with Crippen molar-refractivity contribution in [3.63, 3.8) is 0 Å². The Kier molecular flexibility index (Phi) is 3.63. The molecule has 0 aromatic heterocycles. The van der Waals surface area contributed by atoms with Crippen molar-refractivity contribution >= 4 is 0 Å². The molecular weight excluding hydrogens is 240 g/mol. The summed E-state index contributed by atoms with van der Waals surface area (Å²) in [5.41, 5.74) is 3.69. The molecule has 0 spiro atoms. The zero-order valence-corrected chi connectivity index (χ0v) is 13.9. The summed E-state index contributed by atoms with van der Waals surface area (Å²) in [6.07, 6.45) is 10.7. The van der Waals surface area contributed by atoms with Gasteiger partial charge in [0.05, 0.1) is 0 Å². The minimum Gasteiger partial charge on any atom is -0.0996 e. The summed E-state index contributed by atoms with van der Waals surface area (Å²) in [7, 11) is 0. The van der Waals surface area contributed by atoms with E-state index in [-0.39, 0.29) is 0 Å². The highest BCUT2D eigenvalue weighted by Gasteiger charge is 2.66. The highest BCUT2D eigenvalue weighted by Crippen LogP contribution is 2.73. The molecule has 0 aromatic rings. The van der Waals surface area contributed by atoms with E-state index in [0.717, 1.165) is 29.6 Å². The van der Waals surface area contributed by atoms with Crippen molar-refractivity contribution in [1.29, 1.82) is 0 Å². The third-order valence-corrected chi connectivity index (χ3v) is 7.05. The number of hydrogen-bond donors (Lipinski definition) is 0. The van der Waals surface area contributed by atoms with Crippen LogP contribution < -0.4 is 0 Å². The molecule has 0 nitrogen and oxygen atoms in total. The van der Waals surface area contributed by atoms with Crippen LogP contribution in [0.5, 0.6) is 0 Å². The number of hydrogen-bond acceptors (Lipinski definition) is 0. The molecule has 0 bridgehead atoms. The van der Waals surface area contributed by atoms with E-state index in [9.17, 15) is 0 Å². The first-order valence-electron chi connectivity index (χ1n) is 8.76. The molecule has 3 aliphatic carbocycles.